The number of imidazole rings is 2. The van der Waals surface area contributed by atoms with Gasteiger partial charge in [-0.25, -0.2) is 29.1 Å². The van der Waals surface area contributed by atoms with E-state index in [-0.39, 0.29) is 59.6 Å². The molecule has 73 heavy (non-hydrogen) atoms. The molecule has 2 aliphatic rings. The van der Waals surface area contributed by atoms with Gasteiger partial charge in [-0.1, -0.05) is 72.8 Å². The van der Waals surface area contributed by atoms with Crippen molar-refractivity contribution in [3.63, 3.8) is 0 Å². The summed E-state index contributed by atoms with van der Waals surface area (Å²) in [4.78, 5) is 70.5. The predicted octanol–water partition coefficient (Wildman–Crippen LogP) is 2.49. The van der Waals surface area contributed by atoms with Gasteiger partial charge in [0, 0.05) is 29.0 Å². The summed E-state index contributed by atoms with van der Waals surface area (Å²) >= 11 is 0. The Hall–Kier alpha value is -8.35. The van der Waals surface area contributed by atoms with E-state index in [1.165, 1.54) is 30.4 Å². The number of methoxy groups -OCH3 is 1. The van der Waals surface area contributed by atoms with Crippen LogP contribution in [-0.2, 0) is 46.4 Å². The Morgan fingerprint density at radius 3 is 1.73 bits per heavy atom. The number of esters is 3. The third-order valence-electron chi connectivity index (χ3n) is 10.1. The van der Waals surface area contributed by atoms with E-state index in [1.54, 1.807) is 31.7 Å². The number of aromatic amines is 2. The maximum Gasteiger partial charge on any atom is 1.00 e. The maximum atomic E-state index is 11.9. The van der Waals surface area contributed by atoms with Crippen LogP contribution in [0.2, 0.25) is 0 Å². The molecular weight excluding hydrogens is 956 g/mol. The number of para-hydroxylation sites is 2. The number of aldehydes is 1. The number of nitrogens with one attached hydrogen (secondary N) is 3. The molecule has 1 atom stereocenters. The average molecular weight is 1010 g/mol. The van der Waals surface area contributed by atoms with Crippen LogP contribution in [0.5, 0.6) is 0 Å². The number of hydrogen-bond donors (Lipinski definition) is 5. The number of aromatic nitrogens is 8. The topological polar surface area (TPSA) is 328 Å². The smallest absolute Gasteiger partial charge is 0.870 e. The SMILES string of the molecule is CCOC(=O)C(Nc1n[nH]c2ccccc12)OC.CCOC(=O)C=O.CCOC(=O)c1cncn1C1=NCc2ccccc21.Nc1n[nH]c2ccccc12.O=C(O)c1cncn1C1=NCc2ccccc21.[Na+].[OH-]. The molecule has 2 aliphatic heterocycles. The number of nitrogens with zero attached hydrogens (tertiary/aromatic N) is 8. The molecule has 24 heteroatoms. The van der Waals surface area contributed by atoms with Gasteiger partial charge in [-0.3, -0.25) is 34.1 Å². The molecule has 0 saturated carbocycles. The van der Waals surface area contributed by atoms with Crippen LogP contribution in [0.3, 0.4) is 0 Å². The van der Waals surface area contributed by atoms with Gasteiger partial charge in [0.05, 0.1) is 56.3 Å². The molecule has 0 spiro atoms. The summed E-state index contributed by atoms with van der Waals surface area (Å²) in [6.07, 6.45) is 5.17. The first kappa shape index (κ1) is 57.2. The number of H-pyrrole nitrogens is 2. The van der Waals surface area contributed by atoms with Crippen LogP contribution in [-0.4, -0.2) is 125 Å². The molecule has 0 bridgehead atoms. The molecule has 0 radical (unpaired) electrons. The first-order valence-corrected chi connectivity index (χ1v) is 21.9. The van der Waals surface area contributed by atoms with E-state index in [0.29, 0.717) is 49.5 Å². The minimum absolute atomic E-state index is 0. The summed E-state index contributed by atoms with van der Waals surface area (Å²) < 4.78 is 22.3. The van der Waals surface area contributed by atoms with Crippen molar-refractivity contribution in [2.45, 2.75) is 40.1 Å². The molecule has 4 aromatic heterocycles. The van der Waals surface area contributed by atoms with E-state index in [9.17, 15) is 24.0 Å². The summed E-state index contributed by atoms with van der Waals surface area (Å²) in [6.45, 7) is 7.29. The van der Waals surface area contributed by atoms with E-state index in [2.05, 4.69) is 50.4 Å². The minimum atomic E-state index is -1.01. The van der Waals surface area contributed by atoms with E-state index >= 15 is 0 Å². The van der Waals surface area contributed by atoms with Crippen molar-refractivity contribution in [3.8, 4) is 0 Å². The number of aliphatic imine (C=N–C) groups is 2. The number of fused-ring (bicyclic) bond motifs is 4. The molecule has 374 valence electrons. The van der Waals surface area contributed by atoms with E-state index in [4.69, 9.17) is 25.1 Å². The quantitative estimate of drug-likeness (QED) is 0.0328. The number of carboxylic acids is 1. The number of benzene rings is 4. The third-order valence-corrected chi connectivity index (χ3v) is 10.1. The van der Waals surface area contributed by atoms with Crippen LogP contribution in [0.15, 0.2) is 132 Å². The van der Waals surface area contributed by atoms with Gasteiger partial charge < -0.3 is 40.6 Å². The largest absolute Gasteiger partial charge is 1.00 e. The number of carbonyl (C=O) groups is 5. The van der Waals surface area contributed by atoms with E-state index in [1.807, 2.05) is 97.1 Å². The standard InChI is InChI=1S/C14H13N3O2.C12H15N3O3.C12H9N3O2.C7H7N3.C4H6O3.Na.H2O/c1-2-19-14(18)12-8-15-9-17(12)13-11-6-4-3-5-10(11)7-16-13;1-3-18-12(16)11(17-2)13-10-8-6-4-5-7-9(8)14-15-10;16-12(17)10-6-13-7-15(10)11-9-4-2-1-3-8(9)5-14-11;8-7-5-3-1-2-4-6(5)9-10-7;1-2-7-4(6)3-5;;/h3-6,8-9H,2,7H2,1H3;4-7,11H,3H2,1-2H3,(H2,13,14,15);1-4,6-7H,5H2,(H,16,17);1-4H,(H3,8,9,10);3H,2H2,1H3;;1H2/q;;;;;+1;/p-1. The van der Waals surface area contributed by atoms with Crippen LogP contribution in [0, 0.1) is 0 Å². The Kier molecular flexibility index (Phi) is 22.3. The summed E-state index contributed by atoms with van der Waals surface area (Å²) in [5.41, 5.74) is 12.2. The molecule has 1 unspecified atom stereocenters. The normalized spacial score (nSPS) is 11.7. The van der Waals surface area contributed by atoms with Gasteiger partial charge in [-0.15, -0.1) is 0 Å². The zero-order chi connectivity index (χ0) is 50.7. The number of nitrogen functional groups attached to an aromatic ring is 1. The molecule has 8 aromatic rings. The molecule has 0 saturated heterocycles. The van der Waals surface area contributed by atoms with Crippen molar-refractivity contribution in [1.82, 2.24) is 39.5 Å². The van der Waals surface area contributed by atoms with Gasteiger partial charge in [-0.05, 0) is 56.2 Å². The fourth-order valence-electron chi connectivity index (χ4n) is 6.89. The number of hydrogen-bond acceptors (Lipinski definition) is 18. The average Bonchev–Trinajstić information content (AvgIpc) is 4.27. The van der Waals surface area contributed by atoms with Gasteiger partial charge in [0.15, 0.2) is 23.0 Å². The third kappa shape index (κ3) is 14.6. The molecule has 23 nitrogen and oxygen atoms in total. The summed E-state index contributed by atoms with van der Waals surface area (Å²) in [7, 11) is 1.43. The number of aromatic carboxylic acids is 1. The zero-order valence-corrected chi connectivity index (χ0v) is 42.5. The second-order valence-electron chi connectivity index (χ2n) is 14.6. The van der Waals surface area contributed by atoms with Crippen LogP contribution >= 0.6 is 0 Å². The fraction of sp³-hybridized carbons (Fsp3) is 0.204. The first-order valence-electron chi connectivity index (χ1n) is 21.9. The van der Waals surface area contributed by atoms with Crippen molar-refractivity contribution in [1.29, 1.82) is 0 Å². The van der Waals surface area contributed by atoms with Crippen molar-refractivity contribution >= 4 is 75.3 Å². The Labute approximate surface area is 439 Å². The van der Waals surface area contributed by atoms with E-state index < -0.39 is 24.1 Å². The van der Waals surface area contributed by atoms with Gasteiger partial charge >= 0.3 is 53.4 Å². The summed E-state index contributed by atoms with van der Waals surface area (Å²) in [6, 6.07) is 31.1. The van der Waals surface area contributed by atoms with Gasteiger partial charge in [0.2, 0.25) is 12.5 Å². The summed E-state index contributed by atoms with van der Waals surface area (Å²) in [5.74, 6) is -0.135. The molecule has 10 rings (SSSR count). The Morgan fingerprint density at radius 1 is 0.712 bits per heavy atom. The van der Waals surface area contributed by atoms with Crippen LogP contribution in [0.1, 0.15) is 64.0 Å². The van der Waals surface area contributed by atoms with Gasteiger partial charge in [0.25, 0.3) is 0 Å². The maximum absolute atomic E-state index is 11.9. The number of anilines is 2. The Bertz CT molecular complexity index is 3180. The molecule has 7 N–H and O–H groups in total. The van der Waals surface area contributed by atoms with Crippen LogP contribution < -0.4 is 40.6 Å². The van der Waals surface area contributed by atoms with Crippen LogP contribution in [0.4, 0.5) is 11.6 Å². The van der Waals surface area contributed by atoms with Crippen molar-refractivity contribution in [2.24, 2.45) is 9.98 Å². The number of carbonyl (C=O) groups excluding carboxylic acids is 4. The second-order valence-corrected chi connectivity index (χ2v) is 14.6. The van der Waals surface area contributed by atoms with Crippen LogP contribution in [0.25, 0.3) is 21.8 Å². The molecular formula is C49H51N12NaO11. The number of ether oxygens (including phenoxy) is 4. The fourth-order valence-corrected chi connectivity index (χ4v) is 6.89. The van der Waals surface area contributed by atoms with Gasteiger partial charge in [0.1, 0.15) is 24.3 Å². The Morgan fingerprint density at radius 2 is 1.21 bits per heavy atom. The number of carboxylic acid groups (broad SMARTS) is 1. The van der Waals surface area contributed by atoms with Crippen molar-refractivity contribution in [3.05, 3.63) is 156 Å². The number of rotatable bonds is 10. The molecule has 4 aromatic carbocycles. The Balaban J connectivity index is 0.000000204. The minimum Gasteiger partial charge on any atom is -0.870 e. The molecule has 0 aliphatic carbocycles. The molecule has 0 fully saturated rings. The van der Waals surface area contributed by atoms with Crippen molar-refractivity contribution in [2.75, 3.05) is 38.0 Å². The van der Waals surface area contributed by atoms with Crippen molar-refractivity contribution < 1.29 is 83.1 Å². The monoisotopic (exact) mass is 1010 g/mol. The molecule has 0 amide bonds. The molecule has 6 heterocycles. The first-order chi connectivity index (χ1) is 34.5. The van der Waals surface area contributed by atoms with Gasteiger partial charge in [-0.2, -0.15) is 10.2 Å². The summed E-state index contributed by atoms with van der Waals surface area (Å²) in [5, 5.41) is 27.5. The predicted molar refractivity (Wildman–Crippen MR) is 264 cm³/mol. The number of nitrogens with two attached hydrogens (primary N) is 1. The second kappa shape index (κ2) is 28.5. The zero-order valence-electron chi connectivity index (χ0n) is 40.5. The van der Waals surface area contributed by atoms with E-state index in [0.717, 1.165) is 49.9 Å².